The minimum absolute atomic E-state index is 0.290. The maximum atomic E-state index is 11.9. The third-order valence-electron chi connectivity index (χ3n) is 2.68. The van der Waals surface area contributed by atoms with E-state index >= 15 is 0 Å². The first kappa shape index (κ1) is 10.2. The molecule has 5 heteroatoms. The second-order valence-electron chi connectivity index (χ2n) is 3.76. The smallest absolute Gasteiger partial charge is 0.268 e. The number of rotatable bonds is 0. The third kappa shape index (κ3) is 1.47. The summed E-state index contributed by atoms with van der Waals surface area (Å²) in [7, 11) is 1.44. The van der Waals surface area contributed by atoms with Crippen LogP contribution in [0.1, 0.15) is 0 Å². The summed E-state index contributed by atoms with van der Waals surface area (Å²) in [5.41, 5.74) is -0.299. The summed E-state index contributed by atoms with van der Waals surface area (Å²) in [6.45, 7) is 0. The molecule has 0 radical (unpaired) electrons. The molecule has 0 fully saturated rings. The number of benzene rings is 1. The molecule has 4 nitrogen and oxygen atoms in total. The molecular weight excluding hydrogens is 236 g/mol. The number of nitrogens with zero attached hydrogens (tertiary/aromatic N) is 2. The van der Waals surface area contributed by atoms with Gasteiger partial charge in [-0.05, 0) is 17.5 Å². The first-order valence-electron chi connectivity index (χ1n) is 5.06. The predicted octanol–water partition coefficient (Wildman–Crippen LogP) is 1.46. The van der Waals surface area contributed by atoms with E-state index in [0.29, 0.717) is 10.6 Å². The summed E-state index contributed by atoms with van der Waals surface area (Å²) in [4.78, 5) is 27.3. The van der Waals surface area contributed by atoms with E-state index in [-0.39, 0.29) is 5.56 Å². The van der Waals surface area contributed by atoms with Gasteiger partial charge in [0.2, 0.25) is 0 Å². The van der Waals surface area contributed by atoms with Gasteiger partial charge in [0.25, 0.3) is 5.56 Å². The largest absolute Gasteiger partial charge is 0.351 e. The van der Waals surface area contributed by atoms with Gasteiger partial charge in [-0.25, -0.2) is 4.79 Å². The van der Waals surface area contributed by atoms with E-state index in [2.05, 4.69) is 4.98 Å². The van der Waals surface area contributed by atoms with Crippen LogP contribution in [0.5, 0.6) is 0 Å². The van der Waals surface area contributed by atoms with E-state index in [1.165, 1.54) is 18.4 Å². The van der Waals surface area contributed by atoms with E-state index in [1.807, 2.05) is 24.3 Å². The van der Waals surface area contributed by atoms with Crippen LogP contribution in [0, 0.1) is 0 Å². The lowest BCUT2D eigenvalue weighted by atomic mass is 10.2. The highest BCUT2D eigenvalue weighted by atomic mass is 32.1. The molecule has 1 aromatic carbocycles. The van der Waals surface area contributed by atoms with Crippen molar-refractivity contribution in [2.45, 2.75) is 0 Å². The van der Waals surface area contributed by atoms with Gasteiger partial charge in [0.05, 0.1) is 5.56 Å². The van der Waals surface area contributed by atoms with Gasteiger partial charge in [-0.1, -0.05) is 18.2 Å². The highest BCUT2D eigenvalue weighted by Gasteiger charge is 2.13. The number of fused-ring (bicyclic) bond motifs is 2. The fraction of sp³-hybridized carbons (Fsp3) is 0.0833. The summed E-state index contributed by atoms with van der Waals surface area (Å²) in [5, 5.41) is 1.49. The summed E-state index contributed by atoms with van der Waals surface area (Å²) in [5.74, 6) is 0. The Kier molecular flexibility index (Phi) is 2.09. The zero-order valence-corrected chi connectivity index (χ0v) is 9.82. The maximum absolute atomic E-state index is 11.9. The molecule has 2 aliphatic rings. The molecule has 0 aliphatic carbocycles. The van der Waals surface area contributed by atoms with Crippen LogP contribution >= 0.6 is 11.3 Å². The molecule has 1 aromatic rings. The Morgan fingerprint density at radius 1 is 1.24 bits per heavy atom. The van der Waals surface area contributed by atoms with Crippen molar-refractivity contribution in [1.82, 2.24) is 9.55 Å². The van der Waals surface area contributed by atoms with Gasteiger partial charge < -0.3 is 0 Å². The zero-order valence-electron chi connectivity index (χ0n) is 9.01. The molecule has 2 aliphatic heterocycles. The van der Waals surface area contributed by atoms with Crippen LogP contribution in [0.25, 0.3) is 20.7 Å². The van der Waals surface area contributed by atoms with Crippen LogP contribution in [-0.4, -0.2) is 9.55 Å². The van der Waals surface area contributed by atoms with Crippen molar-refractivity contribution in [2.75, 3.05) is 0 Å². The van der Waals surface area contributed by atoms with Gasteiger partial charge in [0, 0.05) is 11.7 Å². The average molecular weight is 244 g/mol. The molecule has 0 aromatic heterocycles. The molecule has 0 amide bonds. The van der Waals surface area contributed by atoms with Crippen molar-refractivity contribution in [2.24, 2.45) is 7.05 Å². The van der Waals surface area contributed by atoms with Gasteiger partial charge >= 0.3 is 5.69 Å². The van der Waals surface area contributed by atoms with Crippen LogP contribution < -0.4 is 11.2 Å². The predicted molar refractivity (Wildman–Crippen MR) is 67.8 cm³/mol. The highest BCUT2D eigenvalue weighted by molar-refractivity contribution is 7.21. The van der Waals surface area contributed by atoms with Crippen LogP contribution in [0.2, 0.25) is 0 Å². The Balaban J connectivity index is 2.58. The molecule has 0 bridgehead atoms. The van der Waals surface area contributed by atoms with Gasteiger partial charge in [0.1, 0.15) is 5.01 Å². The van der Waals surface area contributed by atoms with E-state index in [1.54, 1.807) is 6.07 Å². The van der Waals surface area contributed by atoms with Crippen LogP contribution in [0.3, 0.4) is 0 Å². The molecule has 0 spiro atoms. The molecule has 0 N–H and O–H groups in total. The van der Waals surface area contributed by atoms with Crippen molar-refractivity contribution in [3.63, 3.8) is 0 Å². The quantitative estimate of drug-likeness (QED) is 0.562. The van der Waals surface area contributed by atoms with Crippen molar-refractivity contribution in [1.29, 1.82) is 0 Å². The van der Waals surface area contributed by atoms with E-state index in [0.717, 1.165) is 14.7 Å². The van der Waals surface area contributed by atoms with Gasteiger partial charge in [-0.15, -0.1) is 11.3 Å². The third-order valence-corrected chi connectivity index (χ3v) is 3.77. The summed E-state index contributed by atoms with van der Waals surface area (Å²) >= 11 is 1.36. The fourth-order valence-corrected chi connectivity index (χ4v) is 2.71. The van der Waals surface area contributed by atoms with E-state index < -0.39 is 5.69 Å². The lowest BCUT2D eigenvalue weighted by molar-refractivity contribution is 0.781. The lowest BCUT2D eigenvalue weighted by Gasteiger charge is -2.05. The first-order chi connectivity index (χ1) is 8.16. The van der Waals surface area contributed by atoms with Gasteiger partial charge in [0.15, 0.2) is 0 Å². The molecular formula is C12H8N2O2S. The second kappa shape index (κ2) is 3.49. The first-order valence-corrected chi connectivity index (χ1v) is 5.88. The molecule has 0 saturated carbocycles. The fourth-order valence-electron chi connectivity index (χ4n) is 1.73. The summed E-state index contributed by atoms with van der Waals surface area (Å²) in [6.07, 6.45) is 0. The summed E-state index contributed by atoms with van der Waals surface area (Å²) in [6, 6.07) is 9.51. The van der Waals surface area contributed by atoms with Crippen LogP contribution in [0.4, 0.5) is 0 Å². The Morgan fingerprint density at radius 2 is 2.00 bits per heavy atom. The van der Waals surface area contributed by atoms with Gasteiger partial charge in [-0.3, -0.25) is 9.36 Å². The van der Waals surface area contributed by atoms with Crippen LogP contribution in [0.15, 0.2) is 39.9 Å². The molecule has 0 atom stereocenters. The molecule has 3 rings (SSSR count). The standard InChI is InChI=1S/C12H8N2O2S/c1-14-11(15)8-6-7-4-2-3-5-9(7)17-10(8)13-12(14)16/h2-6H,1H3. The molecule has 2 heterocycles. The second-order valence-corrected chi connectivity index (χ2v) is 4.79. The molecule has 84 valence electrons. The maximum Gasteiger partial charge on any atom is 0.351 e. The average Bonchev–Trinajstić information content (AvgIpc) is 2.34. The number of aromatic nitrogens is 2. The molecule has 0 saturated heterocycles. The summed E-state index contributed by atoms with van der Waals surface area (Å²) < 4.78 is 2.05. The molecule has 0 unspecified atom stereocenters. The van der Waals surface area contributed by atoms with Gasteiger partial charge in [-0.2, -0.15) is 4.98 Å². The Bertz CT molecular complexity index is 804. The Labute approximate surface area is 100 Å². The minimum Gasteiger partial charge on any atom is -0.268 e. The van der Waals surface area contributed by atoms with Crippen molar-refractivity contribution >= 4 is 21.4 Å². The number of hydrogen-bond acceptors (Lipinski definition) is 4. The zero-order chi connectivity index (χ0) is 12.0. The van der Waals surface area contributed by atoms with Crippen molar-refractivity contribution in [3.05, 3.63) is 51.2 Å². The van der Waals surface area contributed by atoms with Crippen molar-refractivity contribution < 1.29 is 0 Å². The van der Waals surface area contributed by atoms with E-state index in [4.69, 9.17) is 0 Å². The SMILES string of the molecule is Cn1c(=O)nc2sc3ccccc3cc-2c1=O. The minimum atomic E-state index is -0.506. The monoisotopic (exact) mass is 244 g/mol. The topological polar surface area (TPSA) is 52.0 Å². The lowest BCUT2D eigenvalue weighted by Crippen LogP contribution is -2.34. The highest BCUT2D eigenvalue weighted by Crippen LogP contribution is 2.28. The van der Waals surface area contributed by atoms with Crippen LogP contribution in [-0.2, 0) is 7.05 Å². The Morgan fingerprint density at radius 3 is 2.82 bits per heavy atom. The molecule has 17 heavy (non-hydrogen) atoms. The Hall–Kier alpha value is -2.01. The van der Waals surface area contributed by atoms with E-state index in [9.17, 15) is 9.59 Å². The van der Waals surface area contributed by atoms with Crippen molar-refractivity contribution in [3.8, 4) is 10.6 Å². The number of hydrogen-bond donors (Lipinski definition) is 0. The normalized spacial score (nSPS) is 11.1.